The first-order chi connectivity index (χ1) is 8.50. The lowest BCUT2D eigenvalue weighted by Crippen LogP contribution is -2.28. The Balaban J connectivity index is 2.04. The van der Waals surface area contributed by atoms with E-state index >= 15 is 0 Å². The van der Waals surface area contributed by atoms with E-state index in [4.69, 9.17) is 0 Å². The zero-order valence-electron chi connectivity index (χ0n) is 11.0. The molecule has 0 spiro atoms. The number of hydrogen-bond donors (Lipinski definition) is 1. The van der Waals surface area contributed by atoms with Crippen molar-refractivity contribution < 1.29 is 8.42 Å². The van der Waals surface area contributed by atoms with E-state index < -0.39 is 9.84 Å². The zero-order chi connectivity index (χ0) is 13.2. The number of nitrogens with one attached hydrogen (secondary N) is 1. The summed E-state index contributed by atoms with van der Waals surface area (Å²) in [4.78, 5) is 0. The van der Waals surface area contributed by atoms with Crippen LogP contribution in [0, 0.1) is 11.8 Å². The molecule has 1 fully saturated rings. The number of rotatable bonds is 5. The van der Waals surface area contributed by atoms with Gasteiger partial charge in [0.1, 0.15) is 0 Å². The summed E-state index contributed by atoms with van der Waals surface area (Å²) in [5, 5.41) is 7.55. The van der Waals surface area contributed by atoms with Gasteiger partial charge in [-0.25, -0.2) is 8.42 Å². The Morgan fingerprint density at radius 3 is 2.89 bits per heavy atom. The molecule has 2 atom stereocenters. The SMILES string of the molecule is CNCC(Cc1ccn(C)n1)C1CCS(=O)(=O)C1. The second-order valence-electron chi connectivity index (χ2n) is 5.17. The molecule has 6 heteroatoms. The van der Waals surface area contributed by atoms with Crippen LogP contribution in [0.3, 0.4) is 0 Å². The van der Waals surface area contributed by atoms with Gasteiger partial charge in [0.25, 0.3) is 0 Å². The van der Waals surface area contributed by atoms with Crippen molar-refractivity contribution in [1.29, 1.82) is 0 Å². The van der Waals surface area contributed by atoms with E-state index in [1.54, 1.807) is 4.68 Å². The van der Waals surface area contributed by atoms with Gasteiger partial charge < -0.3 is 5.32 Å². The Morgan fingerprint density at radius 1 is 1.61 bits per heavy atom. The van der Waals surface area contributed by atoms with E-state index in [-0.39, 0.29) is 5.92 Å². The first-order valence-corrected chi connectivity index (χ1v) is 8.16. The van der Waals surface area contributed by atoms with Gasteiger partial charge in [-0.05, 0) is 44.3 Å². The average molecular weight is 271 g/mol. The van der Waals surface area contributed by atoms with Crippen molar-refractivity contribution in [3.05, 3.63) is 18.0 Å². The Hall–Kier alpha value is -0.880. The highest BCUT2D eigenvalue weighted by Gasteiger charge is 2.33. The van der Waals surface area contributed by atoms with Crippen LogP contribution in [0.1, 0.15) is 12.1 Å². The van der Waals surface area contributed by atoms with Gasteiger partial charge >= 0.3 is 0 Å². The molecule has 0 radical (unpaired) electrons. The van der Waals surface area contributed by atoms with Crippen molar-refractivity contribution in [2.75, 3.05) is 25.1 Å². The summed E-state index contributed by atoms with van der Waals surface area (Å²) < 4.78 is 24.9. The predicted molar refractivity (Wildman–Crippen MR) is 71.1 cm³/mol. The maximum absolute atomic E-state index is 11.6. The standard InChI is InChI=1S/C12H21N3O2S/c1-13-8-11(7-12-3-5-15(2)14-12)10-4-6-18(16,17)9-10/h3,5,10-11,13H,4,6-9H2,1-2H3. The summed E-state index contributed by atoms with van der Waals surface area (Å²) in [6.45, 7) is 0.844. The normalized spacial score (nSPS) is 24.2. The maximum atomic E-state index is 11.6. The second kappa shape index (κ2) is 5.40. The highest BCUT2D eigenvalue weighted by atomic mass is 32.2. The molecule has 2 rings (SSSR count). The highest BCUT2D eigenvalue weighted by Crippen LogP contribution is 2.27. The van der Waals surface area contributed by atoms with Crippen LogP contribution in [-0.4, -0.2) is 43.3 Å². The fourth-order valence-corrected chi connectivity index (χ4v) is 4.62. The van der Waals surface area contributed by atoms with Gasteiger partial charge in [0.15, 0.2) is 9.84 Å². The number of sulfone groups is 1. The van der Waals surface area contributed by atoms with Crippen LogP contribution in [0.25, 0.3) is 0 Å². The van der Waals surface area contributed by atoms with Crippen molar-refractivity contribution >= 4 is 9.84 Å². The molecule has 1 aliphatic heterocycles. The summed E-state index contributed by atoms with van der Waals surface area (Å²) in [6, 6.07) is 2.01. The molecule has 1 aliphatic rings. The molecule has 102 valence electrons. The molecule has 0 amide bonds. The summed E-state index contributed by atoms with van der Waals surface area (Å²) in [6.07, 6.45) is 3.57. The van der Waals surface area contributed by atoms with Gasteiger partial charge in [0, 0.05) is 13.2 Å². The molecule has 1 saturated heterocycles. The summed E-state index contributed by atoms with van der Waals surface area (Å²) in [5.74, 6) is 1.30. The van der Waals surface area contributed by atoms with E-state index in [0.29, 0.717) is 17.4 Å². The lowest BCUT2D eigenvalue weighted by Gasteiger charge is -2.21. The fourth-order valence-electron chi connectivity index (χ4n) is 2.70. The quantitative estimate of drug-likeness (QED) is 0.833. The molecule has 0 saturated carbocycles. The average Bonchev–Trinajstić information content (AvgIpc) is 2.84. The van der Waals surface area contributed by atoms with Gasteiger partial charge in [-0.2, -0.15) is 5.10 Å². The maximum Gasteiger partial charge on any atom is 0.150 e. The van der Waals surface area contributed by atoms with Crippen LogP contribution >= 0.6 is 0 Å². The number of nitrogens with zero attached hydrogens (tertiary/aromatic N) is 2. The van der Waals surface area contributed by atoms with Crippen molar-refractivity contribution in [2.45, 2.75) is 12.8 Å². The molecule has 1 aromatic rings. The molecular weight excluding hydrogens is 250 g/mol. The number of hydrogen-bond acceptors (Lipinski definition) is 4. The first kappa shape index (κ1) is 13.5. The fraction of sp³-hybridized carbons (Fsp3) is 0.750. The molecule has 0 aliphatic carbocycles. The van der Waals surface area contributed by atoms with E-state index in [0.717, 1.165) is 25.1 Å². The van der Waals surface area contributed by atoms with Crippen molar-refractivity contribution in [2.24, 2.45) is 18.9 Å². The third-order valence-corrected chi connectivity index (χ3v) is 5.43. The molecule has 0 bridgehead atoms. The molecule has 2 heterocycles. The smallest absolute Gasteiger partial charge is 0.150 e. The molecule has 18 heavy (non-hydrogen) atoms. The second-order valence-corrected chi connectivity index (χ2v) is 7.39. The van der Waals surface area contributed by atoms with Crippen LogP contribution in [0.4, 0.5) is 0 Å². The third-order valence-electron chi connectivity index (χ3n) is 3.64. The Labute approximate surface area is 108 Å². The molecular formula is C12H21N3O2S. The molecule has 1 N–H and O–H groups in total. The van der Waals surface area contributed by atoms with E-state index in [1.807, 2.05) is 26.4 Å². The van der Waals surface area contributed by atoms with Gasteiger partial charge in [0.2, 0.25) is 0 Å². The monoisotopic (exact) mass is 271 g/mol. The minimum absolute atomic E-state index is 0.268. The zero-order valence-corrected chi connectivity index (χ0v) is 11.8. The van der Waals surface area contributed by atoms with Crippen LogP contribution in [0.5, 0.6) is 0 Å². The molecule has 2 unspecified atom stereocenters. The number of aryl methyl sites for hydroxylation is 1. The first-order valence-electron chi connectivity index (χ1n) is 6.34. The Kier molecular flexibility index (Phi) is 4.07. The van der Waals surface area contributed by atoms with Crippen molar-refractivity contribution in [1.82, 2.24) is 15.1 Å². The lowest BCUT2D eigenvalue weighted by molar-refractivity contribution is 0.348. The number of aromatic nitrogens is 2. The van der Waals surface area contributed by atoms with E-state index in [9.17, 15) is 8.42 Å². The van der Waals surface area contributed by atoms with Crippen molar-refractivity contribution in [3.8, 4) is 0 Å². The molecule has 1 aromatic heterocycles. The Morgan fingerprint density at radius 2 is 2.39 bits per heavy atom. The van der Waals surface area contributed by atoms with Gasteiger partial charge in [0.05, 0.1) is 17.2 Å². The highest BCUT2D eigenvalue weighted by molar-refractivity contribution is 7.91. The van der Waals surface area contributed by atoms with Gasteiger partial charge in [-0.3, -0.25) is 4.68 Å². The summed E-state index contributed by atoms with van der Waals surface area (Å²) in [7, 11) is 1.01. The summed E-state index contributed by atoms with van der Waals surface area (Å²) >= 11 is 0. The Bertz CT molecular complexity index is 495. The summed E-state index contributed by atoms with van der Waals surface area (Å²) in [5.41, 5.74) is 1.04. The van der Waals surface area contributed by atoms with E-state index in [2.05, 4.69) is 10.4 Å². The van der Waals surface area contributed by atoms with Crippen LogP contribution in [-0.2, 0) is 23.3 Å². The van der Waals surface area contributed by atoms with Crippen molar-refractivity contribution in [3.63, 3.8) is 0 Å². The topological polar surface area (TPSA) is 64.0 Å². The van der Waals surface area contributed by atoms with Crippen LogP contribution < -0.4 is 5.32 Å². The van der Waals surface area contributed by atoms with E-state index in [1.165, 1.54) is 0 Å². The largest absolute Gasteiger partial charge is 0.319 e. The predicted octanol–water partition coefficient (Wildman–Crippen LogP) is 0.233. The lowest BCUT2D eigenvalue weighted by atomic mass is 9.88. The van der Waals surface area contributed by atoms with Crippen LogP contribution in [0.15, 0.2) is 12.3 Å². The third kappa shape index (κ3) is 3.32. The molecule has 5 nitrogen and oxygen atoms in total. The van der Waals surface area contributed by atoms with Gasteiger partial charge in [-0.15, -0.1) is 0 Å². The van der Waals surface area contributed by atoms with Crippen LogP contribution in [0.2, 0.25) is 0 Å². The van der Waals surface area contributed by atoms with Gasteiger partial charge in [-0.1, -0.05) is 0 Å². The minimum atomic E-state index is -2.80. The minimum Gasteiger partial charge on any atom is -0.319 e. The molecule has 0 aromatic carbocycles.